The Morgan fingerprint density at radius 3 is 2.72 bits per heavy atom. The fraction of sp³-hybridized carbons (Fsp3) is 0.545. The summed E-state index contributed by atoms with van der Waals surface area (Å²) in [4.78, 5) is 1.08. The van der Waals surface area contributed by atoms with Crippen LogP contribution in [0.4, 0.5) is 0 Å². The fourth-order valence-corrected chi connectivity index (χ4v) is 4.77. The lowest BCUT2D eigenvalue weighted by molar-refractivity contribution is 0.214. The van der Waals surface area contributed by atoms with Crippen LogP contribution in [-0.4, -0.2) is 25.1 Å². The number of thiophene rings is 1. The smallest absolute Gasteiger partial charge is 0.308 e. The second-order valence-electron chi connectivity index (χ2n) is 3.77. The van der Waals surface area contributed by atoms with E-state index < -0.39 is 7.60 Å². The molecule has 0 spiro atoms. The molecule has 0 aromatic carbocycles. The number of hydrogen-bond donors (Lipinski definition) is 1. The summed E-state index contributed by atoms with van der Waals surface area (Å²) in [6, 6.07) is 3.82. The third kappa shape index (κ3) is 2.67. The predicted octanol–water partition coefficient (Wildman–Crippen LogP) is 3.01. The molecule has 1 N–H and O–H groups in total. The SMILES string of the molecule is CCOP(=O)(OCC)C1C=NNC1c1cccs1. The van der Waals surface area contributed by atoms with E-state index in [-0.39, 0.29) is 11.7 Å². The molecule has 2 unspecified atom stereocenters. The first-order chi connectivity index (χ1) is 8.71. The molecule has 0 bridgehead atoms. The van der Waals surface area contributed by atoms with Crippen molar-refractivity contribution in [3.63, 3.8) is 0 Å². The minimum absolute atomic E-state index is 0.131. The minimum atomic E-state index is -3.17. The van der Waals surface area contributed by atoms with Gasteiger partial charge in [0.15, 0.2) is 0 Å². The molecule has 100 valence electrons. The average Bonchev–Trinajstić information content (AvgIpc) is 3.00. The lowest BCUT2D eigenvalue weighted by Gasteiger charge is -2.25. The highest BCUT2D eigenvalue weighted by molar-refractivity contribution is 7.55. The summed E-state index contributed by atoms with van der Waals surface area (Å²) >= 11 is 1.60. The molecule has 0 radical (unpaired) electrons. The first-order valence-electron chi connectivity index (χ1n) is 5.92. The van der Waals surface area contributed by atoms with Crippen molar-refractivity contribution in [1.82, 2.24) is 5.43 Å². The van der Waals surface area contributed by atoms with E-state index >= 15 is 0 Å². The molecule has 1 aliphatic heterocycles. The van der Waals surface area contributed by atoms with Gasteiger partial charge >= 0.3 is 7.60 Å². The summed E-state index contributed by atoms with van der Waals surface area (Å²) in [6.07, 6.45) is 1.64. The predicted molar refractivity (Wildman–Crippen MR) is 73.3 cm³/mol. The van der Waals surface area contributed by atoms with Crippen LogP contribution in [-0.2, 0) is 13.6 Å². The second-order valence-corrected chi connectivity index (χ2v) is 6.94. The van der Waals surface area contributed by atoms with Crippen molar-refractivity contribution in [2.45, 2.75) is 25.5 Å². The van der Waals surface area contributed by atoms with Gasteiger partial charge in [0.05, 0.1) is 19.3 Å². The largest absolute Gasteiger partial charge is 0.341 e. The molecule has 2 atom stereocenters. The van der Waals surface area contributed by atoms with Gasteiger partial charge in [-0.05, 0) is 25.3 Å². The molecular weight excluding hydrogens is 271 g/mol. The van der Waals surface area contributed by atoms with Crippen molar-refractivity contribution in [3.05, 3.63) is 22.4 Å². The van der Waals surface area contributed by atoms with Crippen LogP contribution in [0.15, 0.2) is 22.6 Å². The van der Waals surface area contributed by atoms with Crippen molar-refractivity contribution < 1.29 is 13.6 Å². The molecule has 5 nitrogen and oxygen atoms in total. The molecule has 1 aromatic heterocycles. The molecule has 0 aliphatic carbocycles. The zero-order chi connectivity index (χ0) is 13.0. The van der Waals surface area contributed by atoms with E-state index in [1.54, 1.807) is 17.6 Å². The highest BCUT2D eigenvalue weighted by atomic mass is 32.1. The van der Waals surface area contributed by atoms with Gasteiger partial charge in [-0.3, -0.25) is 4.57 Å². The summed E-state index contributed by atoms with van der Waals surface area (Å²) in [5.74, 6) is 0. The summed E-state index contributed by atoms with van der Waals surface area (Å²) in [7, 11) is -3.17. The summed E-state index contributed by atoms with van der Waals surface area (Å²) < 4.78 is 23.5. The van der Waals surface area contributed by atoms with E-state index in [4.69, 9.17) is 9.05 Å². The maximum absolute atomic E-state index is 12.8. The summed E-state index contributed by atoms with van der Waals surface area (Å²) in [5, 5.41) is 6.02. The lowest BCUT2D eigenvalue weighted by Crippen LogP contribution is -2.24. The van der Waals surface area contributed by atoms with Crippen LogP contribution in [0.3, 0.4) is 0 Å². The van der Waals surface area contributed by atoms with Crippen LogP contribution in [0.2, 0.25) is 0 Å². The Balaban J connectivity index is 2.23. The maximum Gasteiger partial charge on any atom is 0.341 e. The Kier molecular flexibility index (Phi) is 4.56. The van der Waals surface area contributed by atoms with Gasteiger partial charge in [-0.1, -0.05) is 6.07 Å². The number of nitrogens with one attached hydrogen (secondary N) is 1. The Morgan fingerprint density at radius 2 is 2.17 bits per heavy atom. The topological polar surface area (TPSA) is 59.9 Å². The molecule has 7 heteroatoms. The van der Waals surface area contributed by atoms with Crippen LogP contribution in [0, 0.1) is 0 Å². The van der Waals surface area contributed by atoms with Gasteiger partial charge in [0.1, 0.15) is 5.66 Å². The summed E-state index contributed by atoms with van der Waals surface area (Å²) in [6.45, 7) is 4.34. The second kappa shape index (κ2) is 5.97. The first kappa shape index (κ1) is 13.7. The highest BCUT2D eigenvalue weighted by Gasteiger charge is 2.43. The van der Waals surface area contributed by atoms with E-state index in [1.165, 1.54) is 0 Å². The summed E-state index contributed by atoms with van der Waals surface area (Å²) in [5.41, 5.74) is 2.61. The Hall–Kier alpha value is -0.680. The van der Waals surface area contributed by atoms with Crippen LogP contribution in [0.1, 0.15) is 24.8 Å². The first-order valence-corrected chi connectivity index (χ1v) is 8.41. The third-order valence-corrected chi connectivity index (χ3v) is 5.97. The maximum atomic E-state index is 12.8. The number of nitrogens with zero attached hydrogens (tertiary/aromatic N) is 1. The molecule has 0 amide bonds. The standard InChI is InChI=1S/C11H17N2O3PS/c1-3-15-17(14,16-4-2)9-8-12-13-11(9)10-6-5-7-18-10/h5-9,11,13H,3-4H2,1-2H3. The monoisotopic (exact) mass is 288 g/mol. The van der Waals surface area contributed by atoms with Gasteiger partial charge in [0.2, 0.25) is 0 Å². The van der Waals surface area contributed by atoms with Gasteiger partial charge in [-0.2, -0.15) is 5.10 Å². The van der Waals surface area contributed by atoms with E-state index in [9.17, 15) is 4.57 Å². The quantitative estimate of drug-likeness (QED) is 0.817. The van der Waals surface area contributed by atoms with Crippen molar-refractivity contribution in [1.29, 1.82) is 0 Å². The van der Waals surface area contributed by atoms with Crippen LogP contribution < -0.4 is 5.43 Å². The van der Waals surface area contributed by atoms with E-state index in [0.717, 1.165) is 4.88 Å². The van der Waals surface area contributed by atoms with Crippen LogP contribution in [0.25, 0.3) is 0 Å². The zero-order valence-corrected chi connectivity index (χ0v) is 12.1. The molecule has 1 aliphatic rings. The molecular formula is C11H17N2O3PS. The Bertz CT molecular complexity index is 439. The molecule has 0 saturated heterocycles. The van der Waals surface area contributed by atoms with Gasteiger partial charge < -0.3 is 14.5 Å². The number of hydrogen-bond acceptors (Lipinski definition) is 6. The molecule has 18 heavy (non-hydrogen) atoms. The van der Waals surface area contributed by atoms with Crippen LogP contribution in [0.5, 0.6) is 0 Å². The van der Waals surface area contributed by atoms with Crippen molar-refractivity contribution >= 4 is 25.1 Å². The Morgan fingerprint density at radius 1 is 1.44 bits per heavy atom. The van der Waals surface area contributed by atoms with Crippen LogP contribution >= 0.6 is 18.9 Å². The van der Waals surface area contributed by atoms with Crippen molar-refractivity contribution in [2.24, 2.45) is 5.10 Å². The fourth-order valence-electron chi connectivity index (χ4n) is 1.90. The third-order valence-electron chi connectivity index (χ3n) is 2.62. The molecule has 1 aromatic rings. The lowest BCUT2D eigenvalue weighted by atomic mass is 10.2. The number of hydrazone groups is 1. The highest BCUT2D eigenvalue weighted by Crippen LogP contribution is 2.57. The van der Waals surface area contributed by atoms with E-state index in [1.807, 2.05) is 31.4 Å². The average molecular weight is 288 g/mol. The zero-order valence-electron chi connectivity index (χ0n) is 10.4. The van der Waals surface area contributed by atoms with Gasteiger partial charge in [0, 0.05) is 11.1 Å². The number of rotatable bonds is 6. The minimum Gasteiger partial charge on any atom is -0.308 e. The normalized spacial score (nSPS) is 23.2. The molecule has 0 fully saturated rings. The van der Waals surface area contributed by atoms with E-state index in [0.29, 0.717) is 13.2 Å². The van der Waals surface area contributed by atoms with E-state index in [2.05, 4.69) is 10.5 Å². The van der Waals surface area contributed by atoms with Gasteiger partial charge in [-0.15, -0.1) is 11.3 Å². The molecule has 0 saturated carbocycles. The van der Waals surface area contributed by atoms with Crippen molar-refractivity contribution in [3.8, 4) is 0 Å². The molecule has 2 rings (SSSR count). The van der Waals surface area contributed by atoms with Crippen molar-refractivity contribution in [2.75, 3.05) is 13.2 Å². The van der Waals surface area contributed by atoms with Gasteiger partial charge in [0.25, 0.3) is 0 Å². The van der Waals surface area contributed by atoms with Gasteiger partial charge in [-0.25, -0.2) is 0 Å². The molecule has 2 heterocycles. The Labute approximate surface area is 111 Å².